The molecule has 1 saturated carbocycles. The van der Waals surface area contributed by atoms with Crippen molar-refractivity contribution in [3.63, 3.8) is 0 Å². The van der Waals surface area contributed by atoms with Gasteiger partial charge in [0.15, 0.2) is 0 Å². The van der Waals surface area contributed by atoms with E-state index in [0.29, 0.717) is 17.6 Å². The van der Waals surface area contributed by atoms with Gasteiger partial charge in [0.1, 0.15) is 9.84 Å². The number of hydrogen-bond acceptors (Lipinski definition) is 3. The normalized spacial score (nSPS) is 25.1. The summed E-state index contributed by atoms with van der Waals surface area (Å²) in [5, 5.41) is 0. The van der Waals surface area contributed by atoms with Crippen molar-refractivity contribution in [1.29, 1.82) is 0 Å². The predicted octanol–water partition coefficient (Wildman–Crippen LogP) is 3.66. The summed E-state index contributed by atoms with van der Waals surface area (Å²) >= 11 is 0. The molecule has 0 spiro atoms. The Hall–Kier alpha value is -1.42. The first-order chi connectivity index (χ1) is 11.1. The zero-order valence-electron chi connectivity index (χ0n) is 13.7. The Balaban J connectivity index is 1.57. The van der Waals surface area contributed by atoms with Crippen LogP contribution < -0.4 is 0 Å². The van der Waals surface area contributed by atoms with Gasteiger partial charge in [0.25, 0.3) is 0 Å². The first-order valence-corrected chi connectivity index (χ1v) is 10.4. The van der Waals surface area contributed by atoms with Gasteiger partial charge in [-0.05, 0) is 54.7 Å². The smallest absolute Gasteiger partial charge is 0.150 e. The van der Waals surface area contributed by atoms with Crippen LogP contribution in [0.3, 0.4) is 0 Å². The molecule has 124 valence electrons. The highest BCUT2D eigenvalue weighted by Gasteiger charge is 2.28. The SMILES string of the molecule is CCS(=O)(=O)CC1CCC(C2=CC(c3ccccc3)=NC2)CC1. The molecular weight excluding hydrogens is 306 g/mol. The van der Waals surface area contributed by atoms with E-state index in [9.17, 15) is 8.42 Å². The molecule has 1 aliphatic heterocycles. The Morgan fingerprint density at radius 2 is 1.78 bits per heavy atom. The number of benzene rings is 1. The molecule has 2 aliphatic rings. The lowest BCUT2D eigenvalue weighted by atomic mass is 9.79. The van der Waals surface area contributed by atoms with Gasteiger partial charge in [-0.1, -0.05) is 37.3 Å². The third-order valence-corrected chi connectivity index (χ3v) is 6.98. The molecule has 0 bridgehead atoms. The predicted molar refractivity (Wildman–Crippen MR) is 95.7 cm³/mol. The molecule has 1 aromatic rings. The van der Waals surface area contributed by atoms with Crippen LogP contribution in [0.5, 0.6) is 0 Å². The van der Waals surface area contributed by atoms with Crippen molar-refractivity contribution >= 4 is 15.5 Å². The van der Waals surface area contributed by atoms with E-state index in [1.807, 2.05) is 18.2 Å². The fraction of sp³-hybridized carbons (Fsp3) is 0.526. The van der Waals surface area contributed by atoms with Crippen molar-refractivity contribution in [3.8, 4) is 0 Å². The van der Waals surface area contributed by atoms with Gasteiger partial charge in [0.2, 0.25) is 0 Å². The number of sulfone groups is 1. The topological polar surface area (TPSA) is 46.5 Å². The average Bonchev–Trinajstić information content (AvgIpc) is 3.06. The van der Waals surface area contributed by atoms with E-state index in [-0.39, 0.29) is 5.75 Å². The van der Waals surface area contributed by atoms with Crippen LogP contribution in [0.25, 0.3) is 0 Å². The molecule has 0 unspecified atom stereocenters. The van der Waals surface area contributed by atoms with Crippen molar-refractivity contribution in [2.24, 2.45) is 16.8 Å². The van der Waals surface area contributed by atoms with Crippen LogP contribution in [-0.2, 0) is 9.84 Å². The van der Waals surface area contributed by atoms with Crippen LogP contribution in [-0.4, -0.2) is 32.2 Å². The molecule has 3 nitrogen and oxygen atoms in total. The Kier molecular flexibility index (Phi) is 5.00. The maximum atomic E-state index is 11.8. The summed E-state index contributed by atoms with van der Waals surface area (Å²) < 4.78 is 23.6. The van der Waals surface area contributed by atoms with E-state index in [1.54, 1.807) is 6.92 Å². The minimum atomic E-state index is -2.84. The minimum Gasteiger partial charge on any atom is -0.280 e. The summed E-state index contributed by atoms with van der Waals surface area (Å²) in [5.41, 5.74) is 3.71. The van der Waals surface area contributed by atoms with Crippen LogP contribution in [0.2, 0.25) is 0 Å². The molecule has 0 radical (unpaired) electrons. The van der Waals surface area contributed by atoms with E-state index in [1.165, 1.54) is 11.1 Å². The lowest BCUT2D eigenvalue weighted by molar-refractivity contribution is 0.320. The molecule has 0 atom stereocenters. The molecule has 0 saturated heterocycles. The standard InChI is InChI=1S/C19H25NO2S/c1-2-23(21,22)14-15-8-10-16(11-9-15)18-12-19(20-13-18)17-6-4-3-5-7-17/h3-7,12,15-16H,2,8-11,13-14H2,1H3. The van der Waals surface area contributed by atoms with Gasteiger partial charge in [-0.15, -0.1) is 0 Å². The van der Waals surface area contributed by atoms with Crippen molar-refractivity contribution in [3.05, 3.63) is 47.5 Å². The van der Waals surface area contributed by atoms with Crippen LogP contribution >= 0.6 is 0 Å². The van der Waals surface area contributed by atoms with E-state index in [0.717, 1.165) is 37.9 Å². The van der Waals surface area contributed by atoms with Crippen molar-refractivity contribution in [2.75, 3.05) is 18.1 Å². The molecule has 0 amide bonds. The Morgan fingerprint density at radius 3 is 2.43 bits per heavy atom. The highest BCUT2D eigenvalue weighted by molar-refractivity contribution is 7.91. The van der Waals surface area contributed by atoms with Crippen LogP contribution in [0, 0.1) is 11.8 Å². The van der Waals surface area contributed by atoms with Gasteiger partial charge in [0, 0.05) is 5.75 Å². The number of allylic oxidation sites excluding steroid dienone is 1. The molecule has 0 aromatic heterocycles. The molecule has 4 heteroatoms. The van der Waals surface area contributed by atoms with E-state index < -0.39 is 9.84 Å². The zero-order valence-corrected chi connectivity index (χ0v) is 14.6. The van der Waals surface area contributed by atoms with E-state index in [4.69, 9.17) is 0 Å². The monoisotopic (exact) mass is 331 g/mol. The molecule has 23 heavy (non-hydrogen) atoms. The number of aliphatic imine (C=N–C) groups is 1. The minimum absolute atomic E-state index is 0.270. The maximum Gasteiger partial charge on any atom is 0.150 e. The molecule has 1 heterocycles. The zero-order chi connectivity index (χ0) is 16.3. The summed E-state index contributed by atoms with van der Waals surface area (Å²) in [6.45, 7) is 2.56. The van der Waals surface area contributed by atoms with Crippen LogP contribution in [0.4, 0.5) is 0 Å². The Labute approximate surface area is 139 Å². The summed E-state index contributed by atoms with van der Waals surface area (Å²) in [6.07, 6.45) is 6.52. The highest BCUT2D eigenvalue weighted by atomic mass is 32.2. The van der Waals surface area contributed by atoms with Gasteiger partial charge in [-0.2, -0.15) is 0 Å². The van der Waals surface area contributed by atoms with Crippen LogP contribution in [0.15, 0.2) is 47.0 Å². The molecular formula is C19H25NO2S. The summed E-state index contributed by atoms with van der Waals surface area (Å²) in [7, 11) is -2.84. The number of rotatable bonds is 5. The van der Waals surface area contributed by atoms with E-state index in [2.05, 4.69) is 23.2 Å². The van der Waals surface area contributed by atoms with Crippen molar-refractivity contribution in [2.45, 2.75) is 32.6 Å². The summed E-state index contributed by atoms with van der Waals surface area (Å²) in [5.74, 6) is 1.58. The Morgan fingerprint density at radius 1 is 1.09 bits per heavy atom. The molecule has 1 fully saturated rings. The fourth-order valence-corrected chi connectivity index (χ4v) is 4.94. The second kappa shape index (κ2) is 7.00. The fourth-order valence-electron chi connectivity index (χ4n) is 3.65. The van der Waals surface area contributed by atoms with Crippen molar-refractivity contribution in [1.82, 2.24) is 0 Å². The maximum absolute atomic E-state index is 11.8. The van der Waals surface area contributed by atoms with Crippen molar-refractivity contribution < 1.29 is 8.42 Å². The lowest BCUT2D eigenvalue weighted by Gasteiger charge is -2.28. The molecule has 0 N–H and O–H groups in total. The van der Waals surface area contributed by atoms with Gasteiger partial charge < -0.3 is 0 Å². The third-order valence-electron chi connectivity index (χ3n) is 5.12. The first-order valence-electron chi connectivity index (χ1n) is 8.58. The molecule has 1 aliphatic carbocycles. The molecule has 3 rings (SSSR count). The largest absolute Gasteiger partial charge is 0.280 e. The summed E-state index contributed by atoms with van der Waals surface area (Å²) in [6, 6.07) is 10.3. The lowest BCUT2D eigenvalue weighted by Crippen LogP contribution is -2.24. The van der Waals surface area contributed by atoms with Gasteiger partial charge in [0.05, 0.1) is 18.0 Å². The third kappa shape index (κ3) is 4.11. The Bertz CT molecular complexity index is 696. The summed E-state index contributed by atoms with van der Waals surface area (Å²) in [4.78, 5) is 4.68. The quantitative estimate of drug-likeness (QED) is 0.826. The average molecular weight is 331 g/mol. The molecule has 1 aromatic carbocycles. The second-order valence-electron chi connectivity index (χ2n) is 6.70. The first kappa shape index (κ1) is 16.4. The highest BCUT2D eigenvalue weighted by Crippen LogP contribution is 2.35. The number of hydrogen-bond donors (Lipinski definition) is 0. The number of nitrogens with zero attached hydrogens (tertiary/aromatic N) is 1. The van der Waals surface area contributed by atoms with Gasteiger partial charge >= 0.3 is 0 Å². The van der Waals surface area contributed by atoms with Crippen LogP contribution in [0.1, 0.15) is 38.2 Å². The second-order valence-corrected chi connectivity index (χ2v) is 9.10. The van der Waals surface area contributed by atoms with E-state index >= 15 is 0 Å². The van der Waals surface area contributed by atoms with Gasteiger partial charge in [-0.3, -0.25) is 4.99 Å². The van der Waals surface area contributed by atoms with Gasteiger partial charge in [-0.25, -0.2) is 8.42 Å².